The van der Waals surface area contributed by atoms with Crippen LogP contribution in [-0.2, 0) is 25.6 Å². The lowest BCUT2D eigenvalue weighted by Gasteiger charge is -2.13. The van der Waals surface area contributed by atoms with Crippen molar-refractivity contribution in [1.29, 1.82) is 0 Å². The Hall–Kier alpha value is -3.48. The summed E-state index contributed by atoms with van der Waals surface area (Å²) in [6.45, 7) is 3.76. The average Bonchev–Trinajstić information content (AvgIpc) is 2.59. The maximum Gasteiger partial charge on any atom is 0.331 e. The summed E-state index contributed by atoms with van der Waals surface area (Å²) in [5.41, 5.74) is 1.73. The van der Waals surface area contributed by atoms with Crippen LogP contribution in [0.15, 0.2) is 53.7 Å². The number of hydrogen-bond donors (Lipinski definition) is 0. The Morgan fingerprint density at radius 2 is 1.52 bits per heavy atom. The van der Waals surface area contributed by atoms with Crippen LogP contribution in [0.4, 0.5) is 0 Å². The average molecular weight is 369 g/mol. The molecule has 2 aromatic carbocycles. The second-order valence-corrected chi connectivity index (χ2v) is 5.63. The minimum Gasteiger partial charge on any atom is -0.427 e. The number of rotatable bonds is 6. The topological polar surface area (TPSA) is 91.3 Å². The van der Waals surface area contributed by atoms with Crippen molar-refractivity contribution in [2.45, 2.75) is 27.2 Å². The quantitative estimate of drug-likeness (QED) is 0.256. The van der Waals surface area contributed by atoms with Gasteiger partial charge in [0.15, 0.2) is 0 Å². The summed E-state index contributed by atoms with van der Waals surface area (Å²) in [6.07, 6.45) is 0.329. The molecule has 0 saturated carbocycles. The molecule has 0 spiro atoms. The van der Waals surface area contributed by atoms with Crippen molar-refractivity contribution in [2.75, 3.05) is 0 Å². The highest BCUT2D eigenvalue weighted by Gasteiger charge is 2.16. The van der Waals surface area contributed by atoms with Crippen LogP contribution in [0.5, 0.6) is 11.5 Å². The third-order valence-corrected chi connectivity index (χ3v) is 3.28. The standard InChI is InChI=1S/C20H19NO6/c1-13(22)25-17-9-10-18(20(12-17)26-14(2)23)19(21-27-15(3)24)11-16-7-5-4-6-8-16/h4-10,12H,11H2,1-3H3. The predicted molar refractivity (Wildman–Crippen MR) is 97.5 cm³/mol. The van der Waals surface area contributed by atoms with Crippen molar-refractivity contribution in [2.24, 2.45) is 5.16 Å². The Morgan fingerprint density at radius 1 is 0.852 bits per heavy atom. The molecule has 0 fully saturated rings. The van der Waals surface area contributed by atoms with Crippen LogP contribution in [-0.4, -0.2) is 23.6 Å². The highest BCUT2D eigenvalue weighted by Crippen LogP contribution is 2.27. The van der Waals surface area contributed by atoms with E-state index >= 15 is 0 Å². The van der Waals surface area contributed by atoms with E-state index in [4.69, 9.17) is 14.3 Å². The number of nitrogens with zero attached hydrogens (tertiary/aromatic N) is 1. The number of benzene rings is 2. The zero-order valence-electron chi connectivity index (χ0n) is 15.2. The minimum atomic E-state index is -0.578. The fraction of sp³-hybridized carbons (Fsp3) is 0.200. The smallest absolute Gasteiger partial charge is 0.331 e. The summed E-state index contributed by atoms with van der Waals surface area (Å²) >= 11 is 0. The van der Waals surface area contributed by atoms with Gasteiger partial charge in [0.05, 0.1) is 5.71 Å². The van der Waals surface area contributed by atoms with Crippen LogP contribution < -0.4 is 9.47 Å². The number of ether oxygens (including phenoxy) is 2. The van der Waals surface area contributed by atoms with Crippen LogP contribution in [0, 0.1) is 0 Å². The molecule has 0 bridgehead atoms. The molecule has 2 aromatic rings. The number of esters is 2. The van der Waals surface area contributed by atoms with Gasteiger partial charge in [0.1, 0.15) is 11.5 Å². The summed E-state index contributed by atoms with van der Waals surface area (Å²) in [7, 11) is 0. The first-order valence-corrected chi connectivity index (χ1v) is 8.14. The molecule has 0 heterocycles. The van der Waals surface area contributed by atoms with Crippen molar-refractivity contribution in [3.63, 3.8) is 0 Å². The summed E-state index contributed by atoms with van der Waals surface area (Å²) < 4.78 is 10.3. The number of hydrogen-bond acceptors (Lipinski definition) is 7. The van der Waals surface area contributed by atoms with Crippen molar-refractivity contribution in [1.82, 2.24) is 0 Å². The van der Waals surface area contributed by atoms with E-state index in [9.17, 15) is 14.4 Å². The van der Waals surface area contributed by atoms with Crippen LogP contribution in [0.3, 0.4) is 0 Å². The van der Waals surface area contributed by atoms with E-state index in [2.05, 4.69) is 5.16 Å². The van der Waals surface area contributed by atoms with Crippen LogP contribution in [0.25, 0.3) is 0 Å². The Kier molecular flexibility index (Phi) is 6.82. The van der Waals surface area contributed by atoms with Crippen molar-refractivity contribution >= 4 is 23.6 Å². The second-order valence-electron chi connectivity index (χ2n) is 5.63. The second kappa shape index (κ2) is 9.28. The van der Waals surface area contributed by atoms with Gasteiger partial charge in [-0.2, -0.15) is 0 Å². The van der Waals surface area contributed by atoms with Gasteiger partial charge in [-0.1, -0.05) is 35.5 Å². The zero-order chi connectivity index (χ0) is 19.8. The third kappa shape index (κ3) is 6.39. The monoisotopic (exact) mass is 369 g/mol. The SMILES string of the molecule is CC(=O)ON=C(Cc1ccccc1)c1ccc(OC(C)=O)cc1OC(C)=O. The number of carbonyl (C=O) groups is 3. The number of oxime groups is 1. The normalized spacial score (nSPS) is 10.9. The zero-order valence-corrected chi connectivity index (χ0v) is 15.2. The van der Waals surface area contributed by atoms with Crippen molar-refractivity contribution < 1.29 is 28.7 Å². The molecule has 0 aromatic heterocycles. The molecule has 0 saturated heterocycles. The maximum absolute atomic E-state index is 11.5. The highest BCUT2D eigenvalue weighted by atomic mass is 16.7. The molecule has 0 atom stereocenters. The molecule has 2 rings (SSSR count). The molecular weight excluding hydrogens is 350 g/mol. The molecule has 0 aliphatic carbocycles. The van der Waals surface area contributed by atoms with Crippen molar-refractivity contribution in [3.8, 4) is 11.5 Å². The van der Waals surface area contributed by atoms with E-state index in [1.54, 1.807) is 6.07 Å². The third-order valence-electron chi connectivity index (χ3n) is 3.28. The summed E-state index contributed by atoms with van der Waals surface area (Å²) in [6, 6.07) is 13.9. The van der Waals surface area contributed by atoms with E-state index in [1.165, 1.54) is 32.9 Å². The Bertz CT molecular complexity index is 873. The molecule has 0 aliphatic heterocycles. The first-order chi connectivity index (χ1) is 12.8. The summed E-state index contributed by atoms with van der Waals surface area (Å²) in [5, 5.41) is 3.92. The van der Waals surface area contributed by atoms with E-state index in [0.29, 0.717) is 17.7 Å². The molecular formula is C20H19NO6. The highest BCUT2D eigenvalue weighted by molar-refractivity contribution is 6.04. The van der Waals surface area contributed by atoms with Gasteiger partial charge in [0.25, 0.3) is 0 Å². The lowest BCUT2D eigenvalue weighted by atomic mass is 10.0. The van der Waals surface area contributed by atoms with Crippen molar-refractivity contribution in [3.05, 3.63) is 59.7 Å². The Morgan fingerprint density at radius 3 is 2.11 bits per heavy atom. The van der Waals surface area contributed by atoms with Gasteiger partial charge < -0.3 is 14.3 Å². The molecule has 140 valence electrons. The fourth-order valence-electron chi connectivity index (χ4n) is 2.30. The molecule has 7 heteroatoms. The van der Waals surface area contributed by atoms with E-state index < -0.39 is 17.9 Å². The molecule has 0 aliphatic rings. The molecule has 0 N–H and O–H groups in total. The van der Waals surface area contributed by atoms with E-state index in [0.717, 1.165) is 5.56 Å². The molecule has 0 amide bonds. The summed E-state index contributed by atoms with van der Waals surface area (Å²) in [4.78, 5) is 38.7. The number of carbonyl (C=O) groups excluding carboxylic acids is 3. The van der Waals surface area contributed by atoms with Gasteiger partial charge in [-0.15, -0.1) is 0 Å². The van der Waals surface area contributed by atoms with Gasteiger partial charge in [0.2, 0.25) is 0 Å². The van der Waals surface area contributed by atoms with Crippen LogP contribution >= 0.6 is 0 Å². The predicted octanol–water partition coefficient (Wildman–Crippen LogP) is 3.05. The van der Waals surface area contributed by atoms with Crippen LogP contribution in [0.2, 0.25) is 0 Å². The van der Waals surface area contributed by atoms with E-state index in [1.807, 2.05) is 30.3 Å². The molecule has 0 unspecified atom stereocenters. The lowest BCUT2D eigenvalue weighted by molar-refractivity contribution is -0.141. The first kappa shape index (κ1) is 19.8. The largest absolute Gasteiger partial charge is 0.427 e. The first-order valence-electron chi connectivity index (χ1n) is 8.14. The minimum absolute atomic E-state index is 0.142. The van der Waals surface area contributed by atoms with Gasteiger partial charge in [-0.25, -0.2) is 4.79 Å². The lowest BCUT2D eigenvalue weighted by Crippen LogP contribution is -2.12. The Balaban J connectivity index is 2.48. The van der Waals surface area contributed by atoms with Gasteiger partial charge >= 0.3 is 17.9 Å². The van der Waals surface area contributed by atoms with E-state index in [-0.39, 0.29) is 11.5 Å². The Labute approximate surface area is 156 Å². The van der Waals surface area contributed by atoms with Gasteiger partial charge in [0, 0.05) is 38.8 Å². The molecule has 7 nitrogen and oxygen atoms in total. The summed E-state index contributed by atoms with van der Waals surface area (Å²) in [5.74, 6) is -1.28. The van der Waals surface area contributed by atoms with Crippen LogP contribution in [0.1, 0.15) is 31.9 Å². The molecule has 27 heavy (non-hydrogen) atoms. The van der Waals surface area contributed by atoms with Gasteiger partial charge in [-0.3, -0.25) is 9.59 Å². The molecule has 0 radical (unpaired) electrons. The maximum atomic E-state index is 11.5. The fourth-order valence-corrected chi connectivity index (χ4v) is 2.30. The van der Waals surface area contributed by atoms with Gasteiger partial charge in [-0.05, 0) is 17.7 Å².